The molecule has 1 fully saturated rings. The van der Waals surface area contributed by atoms with Crippen molar-refractivity contribution >= 4 is 27.6 Å². The van der Waals surface area contributed by atoms with E-state index in [4.69, 9.17) is 0 Å². The third-order valence-electron chi connectivity index (χ3n) is 4.79. The lowest BCUT2D eigenvalue weighted by Gasteiger charge is -2.15. The number of thiazole rings is 1. The minimum Gasteiger partial charge on any atom is -0.334 e. The van der Waals surface area contributed by atoms with Crippen LogP contribution in [0.15, 0.2) is 48.5 Å². The molecule has 2 aromatic carbocycles. The molecule has 4 rings (SSSR count). The van der Waals surface area contributed by atoms with Crippen molar-refractivity contribution in [1.29, 1.82) is 0 Å². The molecule has 1 aliphatic rings. The van der Waals surface area contributed by atoms with Crippen LogP contribution < -0.4 is 10.6 Å². The molecule has 140 valence electrons. The number of para-hydroxylation sites is 1. The van der Waals surface area contributed by atoms with Gasteiger partial charge in [0.05, 0.1) is 16.8 Å². The zero-order valence-electron chi connectivity index (χ0n) is 15.3. The second-order valence-corrected chi connectivity index (χ2v) is 8.03. The van der Waals surface area contributed by atoms with Crippen LogP contribution in [0.2, 0.25) is 0 Å². The number of nitrogens with one attached hydrogen (secondary N) is 2. The zero-order valence-corrected chi connectivity index (χ0v) is 16.1. The van der Waals surface area contributed by atoms with E-state index in [1.807, 2.05) is 24.3 Å². The smallest absolute Gasteiger partial charge is 0.315 e. The molecule has 1 saturated heterocycles. The molecule has 6 heteroatoms. The van der Waals surface area contributed by atoms with Crippen LogP contribution in [0.1, 0.15) is 29.0 Å². The zero-order chi connectivity index (χ0) is 18.5. The average Bonchev–Trinajstić information content (AvgIpc) is 3.34. The van der Waals surface area contributed by atoms with Crippen LogP contribution in [-0.4, -0.2) is 29.0 Å². The molecular formula is C21H24N4OS. The van der Waals surface area contributed by atoms with Crippen molar-refractivity contribution in [2.24, 2.45) is 0 Å². The molecule has 0 radical (unpaired) electrons. The first-order valence-corrected chi connectivity index (χ1v) is 10.2. The van der Waals surface area contributed by atoms with Crippen molar-refractivity contribution in [3.8, 4) is 0 Å². The van der Waals surface area contributed by atoms with Gasteiger partial charge in [0.2, 0.25) is 0 Å². The summed E-state index contributed by atoms with van der Waals surface area (Å²) < 4.78 is 1.14. The van der Waals surface area contributed by atoms with Gasteiger partial charge < -0.3 is 10.6 Å². The number of rotatable bonds is 6. The lowest BCUT2D eigenvalue weighted by atomic mass is 10.1. The highest BCUT2D eigenvalue weighted by molar-refractivity contribution is 7.18. The molecule has 1 aliphatic heterocycles. The predicted octanol–water partition coefficient (Wildman–Crippen LogP) is 3.89. The second-order valence-electron chi connectivity index (χ2n) is 6.91. The largest absolute Gasteiger partial charge is 0.334 e. The minimum absolute atomic E-state index is 0.167. The molecule has 5 nitrogen and oxygen atoms in total. The molecule has 27 heavy (non-hydrogen) atoms. The summed E-state index contributed by atoms with van der Waals surface area (Å²) in [7, 11) is 0. The molecule has 0 atom stereocenters. The van der Waals surface area contributed by atoms with Crippen molar-refractivity contribution < 1.29 is 4.79 Å². The lowest BCUT2D eigenvalue weighted by molar-refractivity contribution is 0.240. The average molecular weight is 381 g/mol. The molecule has 0 saturated carbocycles. The van der Waals surface area contributed by atoms with Crippen molar-refractivity contribution in [1.82, 2.24) is 20.5 Å². The van der Waals surface area contributed by atoms with Crippen molar-refractivity contribution in [3.05, 3.63) is 64.7 Å². The molecule has 2 N–H and O–H groups in total. The third kappa shape index (κ3) is 4.84. The Morgan fingerprint density at radius 3 is 2.63 bits per heavy atom. The number of aromatic nitrogens is 1. The number of hydrogen-bond acceptors (Lipinski definition) is 4. The number of benzene rings is 2. The Morgan fingerprint density at radius 1 is 1.00 bits per heavy atom. The topological polar surface area (TPSA) is 57.3 Å². The molecule has 0 bridgehead atoms. The van der Waals surface area contributed by atoms with Crippen LogP contribution in [0.3, 0.4) is 0 Å². The van der Waals surface area contributed by atoms with Gasteiger partial charge in [-0.05, 0) is 49.2 Å². The third-order valence-corrected chi connectivity index (χ3v) is 5.82. The predicted molar refractivity (Wildman–Crippen MR) is 110 cm³/mol. The highest BCUT2D eigenvalue weighted by Gasteiger charge is 2.12. The molecular weight excluding hydrogens is 356 g/mol. The van der Waals surface area contributed by atoms with Crippen LogP contribution in [0.4, 0.5) is 4.79 Å². The van der Waals surface area contributed by atoms with Crippen molar-refractivity contribution in [3.63, 3.8) is 0 Å². The molecule has 1 aromatic heterocycles. The van der Waals surface area contributed by atoms with Gasteiger partial charge in [-0.25, -0.2) is 9.78 Å². The van der Waals surface area contributed by atoms with Gasteiger partial charge in [-0.2, -0.15) is 0 Å². The Kier molecular flexibility index (Phi) is 5.65. The molecule has 0 unspecified atom stereocenters. The summed E-state index contributed by atoms with van der Waals surface area (Å²) in [5.74, 6) is 0. The van der Waals surface area contributed by atoms with E-state index < -0.39 is 0 Å². The number of urea groups is 1. The van der Waals surface area contributed by atoms with Gasteiger partial charge in [0.15, 0.2) is 0 Å². The summed E-state index contributed by atoms with van der Waals surface area (Å²) in [5, 5.41) is 6.75. The highest BCUT2D eigenvalue weighted by atomic mass is 32.1. The number of nitrogens with zero attached hydrogens (tertiary/aromatic N) is 2. The Labute approximate surface area is 163 Å². The van der Waals surface area contributed by atoms with Crippen LogP contribution in [0.5, 0.6) is 0 Å². The van der Waals surface area contributed by atoms with Crippen LogP contribution >= 0.6 is 11.3 Å². The Morgan fingerprint density at radius 2 is 1.78 bits per heavy atom. The van der Waals surface area contributed by atoms with Gasteiger partial charge in [0.1, 0.15) is 5.01 Å². The van der Waals surface area contributed by atoms with E-state index in [2.05, 4.69) is 44.8 Å². The molecule has 2 heterocycles. The van der Waals surface area contributed by atoms with Gasteiger partial charge in [-0.3, -0.25) is 4.90 Å². The van der Waals surface area contributed by atoms with Crippen molar-refractivity contribution in [2.75, 3.05) is 13.1 Å². The standard InChI is InChI=1S/C21H24N4OS/c26-21(23-14-20-24-18-8-1-2-9-19(18)27-20)22-13-16-6-5-7-17(12-16)15-25-10-3-4-11-25/h1-2,5-9,12H,3-4,10-11,13-15H2,(H2,22,23,26). The maximum absolute atomic E-state index is 12.1. The first-order valence-electron chi connectivity index (χ1n) is 9.42. The fourth-order valence-corrected chi connectivity index (χ4v) is 4.34. The number of likely N-dealkylation sites (tertiary alicyclic amines) is 1. The van der Waals surface area contributed by atoms with E-state index >= 15 is 0 Å². The summed E-state index contributed by atoms with van der Waals surface area (Å²) in [4.78, 5) is 19.1. The lowest BCUT2D eigenvalue weighted by Crippen LogP contribution is -2.34. The number of amides is 2. The van der Waals surface area contributed by atoms with E-state index in [-0.39, 0.29) is 6.03 Å². The summed E-state index contributed by atoms with van der Waals surface area (Å²) >= 11 is 1.61. The fourth-order valence-electron chi connectivity index (χ4n) is 3.43. The van der Waals surface area contributed by atoms with Crippen molar-refractivity contribution in [2.45, 2.75) is 32.5 Å². The van der Waals surface area contributed by atoms with Crippen LogP contribution in [0, 0.1) is 0 Å². The Bertz CT molecular complexity index is 884. The quantitative estimate of drug-likeness (QED) is 0.682. The van der Waals surface area contributed by atoms with Gasteiger partial charge in [-0.1, -0.05) is 36.4 Å². The summed E-state index contributed by atoms with van der Waals surface area (Å²) in [6.45, 7) is 4.35. The monoisotopic (exact) mass is 380 g/mol. The number of carbonyl (C=O) groups is 1. The first kappa shape index (κ1) is 17.9. The summed E-state index contributed by atoms with van der Waals surface area (Å²) in [5.41, 5.74) is 3.42. The van der Waals surface area contributed by atoms with Crippen LogP contribution in [-0.2, 0) is 19.6 Å². The van der Waals surface area contributed by atoms with E-state index in [0.29, 0.717) is 13.1 Å². The summed E-state index contributed by atoms with van der Waals surface area (Å²) in [6.07, 6.45) is 2.60. The van der Waals surface area contributed by atoms with E-state index in [1.165, 1.54) is 31.5 Å². The first-order chi connectivity index (χ1) is 13.3. The molecule has 3 aromatic rings. The van der Waals surface area contributed by atoms with E-state index in [0.717, 1.165) is 27.3 Å². The van der Waals surface area contributed by atoms with Gasteiger partial charge in [-0.15, -0.1) is 11.3 Å². The number of carbonyl (C=O) groups excluding carboxylic acids is 1. The normalized spacial score (nSPS) is 14.5. The minimum atomic E-state index is -0.167. The van der Waals surface area contributed by atoms with Gasteiger partial charge in [0.25, 0.3) is 0 Å². The molecule has 0 aliphatic carbocycles. The summed E-state index contributed by atoms with van der Waals surface area (Å²) in [6, 6.07) is 16.3. The SMILES string of the molecule is O=C(NCc1cccc(CN2CCCC2)c1)NCc1nc2ccccc2s1. The van der Waals surface area contributed by atoms with Gasteiger partial charge in [0, 0.05) is 13.1 Å². The maximum Gasteiger partial charge on any atom is 0.315 e. The maximum atomic E-state index is 12.1. The molecule has 2 amide bonds. The van der Waals surface area contributed by atoms with E-state index in [9.17, 15) is 4.79 Å². The van der Waals surface area contributed by atoms with Crippen LogP contribution in [0.25, 0.3) is 10.2 Å². The molecule has 0 spiro atoms. The van der Waals surface area contributed by atoms with Gasteiger partial charge >= 0.3 is 6.03 Å². The Balaban J connectivity index is 1.26. The fraction of sp³-hybridized carbons (Fsp3) is 0.333. The Hall–Kier alpha value is -2.44. The second kappa shape index (κ2) is 8.50. The van der Waals surface area contributed by atoms with E-state index in [1.54, 1.807) is 11.3 Å². The number of hydrogen-bond donors (Lipinski definition) is 2. The highest BCUT2D eigenvalue weighted by Crippen LogP contribution is 2.21. The number of fused-ring (bicyclic) bond motifs is 1.